The Morgan fingerprint density at radius 2 is 2.12 bits per heavy atom. The first-order valence-corrected chi connectivity index (χ1v) is 8.27. The number of rotatable bonds is 4. The number of phenolic OH excluding ortho intramolecular Hbond substituents is 1. The van der Waals surface area contributed by atoms with Crippen molar-refractivity contribution in [2.45, 2.75) is 31.4 Å². The van der Waals surface area contributed by atoms with Gasteiger partial charge in [0.15, 0.2) is 0 Å². The van der Waals surface area contributed by atoms with Gasteiger partial charge in [-0.2, -0.15) is 0 Å². The SMILES string of the molecule is COc1cc(O)c(-c2nnc(NC3CC(C)(O)C3)n3cccc23)c(F)c1. The Kier molecular flexibility index (Phi) is 3.73. The van der Waals surface area contributed by atoms with Crippen LogP contribution in [0, 0.1) is 5.82 Å². The number of benzene rings is 1. The molecule has 0 amide bonds. The normalized spacial score (nSPS) is 22.2. The maximum Gasteiger partial charge on any atom is 0.228 e. The number of hydrogen-bond donors (Lipinski definition) is 3. The Morgan fingerprint density at radius 1 is 1.35 bits per heavy atom. The van der Waals surface area contributed by atoms with E-state index in [1.807, 2.05) is 0 Å². The second kappa shape index (κ2) is 5.84. The predicted octanol–water partition coefficient (Wildman–Crippen LogP) is 2.57. The highest BCUT2D eigenvalue weighted by Gasteiger charge is 2.38. The number of phenols is 1. The second-order valence-corrected chi connectivity index (χ2v) is 6.89. The fourth-order valence-electron chi connectivity index (χ4n) is 3.44. The molecule has 3 N–H and O–H groups in total. The molecule has 4 rings (SSSR count). The van der Waals surface area contributed by atoms with Crippen LogP contribution in [0.3, 0.4) is 0 Å². The maximum atomic E-state index is 14.5. The van der Waals surface area contributed by atoms with Gasteiger partial charge in [0, 0.05) is 24.4 Å². The molecular weight excluding hydrogens is 339 g/mol. The predicted molar refractivity (Wildman–Crippen MR) is 93.9 cm³/mol. The number of fused-ring (bicyclic) bond motifs is 1. The van der Waals surface area contributed by atoms with Crippen molar-refractivity contribution in [3.05, 3.63) is 36.3 Å². The molecule has 1 aliphatic carbocycles. The summed E-state index contributed by atoms with van der Waals surface area (Å²) < 4.78 is 21.2. The summed E-state index contributed by atoms with van der Waals surface area (Å²) in [5.74, 6) is -0.189. The minimum Gasteiger partial charge on any atom is -0.507 e. The van der Waals surface area contributed by atoms with E-state index in [0.717, 1.165) is 0 Å². The maximum absolute atomic E-state index is 14.5. The third-order valence-electron chi connectivity index (χ3n) is 4.69. The van der Waals surface area contributed by atoms with E-state index in [-0.39, 0.29) is 28.8 Å². The van der Waals surface area contributed by atoms with Crippen molar-refractivity contribution >= 4 is 11.5 Å². The summed E-state index contributed by atoms with van der Waals surface area (Å²) in [5.41, 5.74) is 0.158. The van der Waals surface area contributed by atoms with E-state index in [9.17, 15) is 14.6 Å². The molecule has 1 saturated carbocycles. The molecular formula is C18H19FN4O3. The molecule has 2 aromatic heterocycles. The van der Waals surface area contributed by atoms with E-state index in [1.165, 1.54) is 19.2 Å². The number of ether oxygens (including phenoxy) is 1. The molecule has 0 unspecified atom stereocenters. The molecule has 7 nitrogen and oxygen atoms in total. The topological polar surface area (TPSA) is 91.9 Å². The third-order valence-corrected chi connectivity index (χ3v) is 4.69. The second-order valence-electron chi connectivity index (χ2n) is 6.89. The van der Waals surface area contributed by atoms with E-state index >= 15 is 0 Å². The summed E-state index contributed by atoms with van der Waals surface area (Å²) in [6.07, 6.45) is 3.02. The van der Waals surface area contributed by atoms with Crippen LogP contribution in [-0.2, 0) is 0 Å². The van der Waals surface area contributed by atoms with E-state index in [0.29, 0.717) is 24.3 Å². The van der Waals surface area contributed by atoms with Crippen molar-refractivity contribution in [1.29, 1.82) is 0 Å². The largest absolute Gasteiger partial charge is 0.507 e. The molecule has 1 aromatic carbocycles. The number of nitrogens with one attached hydrogen (secondary N) is 1. The number of aromatic nitrogens is 3. The highest BCUT2D eigenvalue weighted by atomic mass is 19.1. The standard InChI is InChI=1S/C18H19FN4O3/c1-18(25)8-10(9-18)20-17-22-21-16(13-4-3-5-23(13)17)15-12(19)6-11(26-2)7-14(15)24/h3-7,10,24-25H,8-9H2,1-2H3,(H,20,22). The molecule has 0 bridgehead atoms. The highest BCUT2D eigenvalue weighted by Crippen LogP contribution is 2.37. The van der Waals surface area contributed by atoms with Crippen molar-refractivity contribution in [2.24, 2.45) is 0 Å². The van der Waals surface area contributed by atoms with Crippen molar-refractivity contribution in [3.63, 3.8) is 0 Å². The van der Waals surface area contributed by atoms with Gasteiger partial charge in [-0.3, -0.25) is 4.40 Å². The van der Waals surface area contributed by atoms with Crippen LogP contribution < -0.4 is 10.1 Å². The molecule has 0 saturated heterocycles. The van der Waals surface area contributed by atoms with Crippen molar-refractivity contribution in [2.75, 3.05) is 12.4 Å². The summed E-state index contributed by atoms with van der Waals surface area (Å²) in [7, 11) is 1.40. The van der Waals surface area contributed by atoms with Crippen LogP contribution in [-0.4, -0.2) is 43.6 Å². The average molecular weight is 358 g/mol. The van der Waals surface area contributed by atoms with Crippen LogP contribution in [0.15, 0.2) is 30.5 Å². The zero-order valence-corrected chi connectivity index (χ0v) is 14.4. The molecule has 0 atom stereocenters. The van der Waals surface area contributed by atoms with Crippen molar-refractivity contribution in [1.82, 2.24) is 14.6 Å². The van der Waals surface area contributed by atoms with E-state index in [1.54, 1.807) is 29.7 Å². The fourth-order valence-corrected chi connectivity index (χ4v) is 3.44. The fraction of sp³-hybridized carbons (Fsp3) is 0.333. The summed E-state index contributed by atoms with van der Waals surface area (Å²) in [6.45, 7) is 1.79. The molecule has 1 fully saturated rings. The number of nitrogens with zero attached hydrogens (tertiary/aromatic N) is 3. The van der Waals surface area contributed by atoms with Crippen molar-refractivity contribution in [3.8, 4) is 22.8 Å². The molecule has 136 valence electrons. The van der Waals surface area contributed by atoms with Gasteiger partial charge in [0.2, 0.25) is 5.95 Å². The third kappa shape index (κ3) is 2.72. The minimum absolute atomic E-state index is 0.0277. The van der Waals surface area contributed by atoms with Gasteiger partial charge < -0.3 is 20.3 Å². The lowest BCUT2D eigenvalue weighted by Crippen LogP contribution is -2.48. The first kappa shape index (κ1) is 16.6. The van der Waals surface area contributed by atoms with E-state index < -0.39 is 11.4 Å². The lowest BCUT2D eigenvalue weighted by atomic mass is 9.77. The zero-order valence-electron chi connectivity index (χ0n) is 14.4. The van der Waals surface area contributed by atoms with E-state index in [2.05, 4.69) is 15.5 Å². The average Bonchev–Trinajstić information content (AvgIpc) is 3.04. The number of aromatic hydroxyl groups is 1. The van der Waals surface area contributed by atoms with Gasteiger partial charge in [-0.25, -0.2) is 4.39 Å². The Hall–Kier alpha value is -2.87. The monoisotopic (exact) mass is 358 g/mol. The summed E-state index contributed by atoms with van der Waals surface area (Å²) in [5, 5.41) is 31.6. The van der Waals surface area contributed by atoms with Gasteiger partial charge in [0.05, 0.1) is 23.8 Å². The molecule has 0 radical (unpaired) electrons. The molecule has 1 aliphatic rings. The van der Waals surface area contributed by atoms with Crippen LogP contribution in [0.1, 0.15) is 19.8 Å². The molecule has 3 aromatic rings. The van der Waals surface area contributed by atoms with Gasteiger partial charge in [-0.15, -0.1) is 10.2 Å². The van der Waals surface area contributed by atoms with Crippen LogP contribution in [0.4, 0.5) is 10.3 Å². The van der Waals surface area contributed by atoms with Crippen LogP contribution in [0.5, 0.6) is 11.5 Å². The summed E-state index contributed by atoms with van der Waals surface area (Å²) >= 11 is 0. The molecule has 0 spiro atoms. The highest BCUT2D eigenvalue weighted by molar-refractivity contribution is 5.82. The first-order valence-electron chi connectivity index (χ1n) is 8.27. The van der Waals surface area contributed by atoms with Gasteiger partial charge in [-0.1, -0.05) is 0 Å². The molecule has 2 heterocycles. The van der Waals surface area contributed by atoms with Crippen LogP contribution in [0.25, 0.3) is 16.8 Å². The number of anilines is 1. The number of aliphatic hydroxyl groups is 1. The van der Waals surface area contributed by atoms with Gasteiger partial charge >= 0.3 is 0 Å². The Morgan fingerprint density at radius 3 is 2.77 bits per heavy atom. The summed E-state index contributed by atoms with van der Waals surface area (Å²) in [4.78, 5) is 0. The van der Waals surface area contributed by atoms with E-state index in [4.69, 9.17) is 4.74 Å². The number of methoxy groups -OCH3 is 1. The smallest absolute Gasteiger partial charge is 0.228 e. The van der Waals surface area contributed by atoms with Crippen LogP contribution >= 0.6 is 0 Å². The molecule has 0 aliphatic heterocycles. The lowest BCUT2D eigenvalue weighted by molar-refractivity contribution is -0.0236. The zero-order chi connectivity index (χ0) is 18.5. The van der Waals surface area contributed by atoms with Gasteiger partial charge in [0.25, 0.3) is 0 Å². The quantitative estimate of drug-likeness (QED) is 0.664. The number of hydrogen-bond acceptors (Lipinski definition) is 6. The first-order chi connectivity index (χ1) is 12.4. The number of halogens is 1. The van der Waals surface area contributed by atoms with Crippen molar-refractivity contribution < 1.29 is 19.3 Å². The van der Waals surface area contributed by atoms with Gasteiger partial charge in [0.1, 0.15) is 23.0 Å². The van der Waals surface area contributed by atoms with Gasteiger partial charge in [-0.05, 0) is 31.9 Å². The molecule has 8 heteroatoms. The molecule has 26 heavy (non-hydrogen) atoms. The Bertz CT molecular complexity index is 955. The Labute approximate surface area is 149 Å². The summed E-state index contributed by atoms with van der Waals surface area (Å²) in [6, 6.07) is 6.20. The lowest BCUT2D eigenvalue weighted by Gasteiger charge is -2.41. The van der Waals surface area contributed by atoms with Crippen LogP contribution in [0.2, 0.25) is 0 Å². The Balaban J connectivity index is 1.75. The minimum atomic E-state index is -0.654.